The molecule has 0 saturated heterocycles. The maximum atomic E-state index is 12.3. The molecule has 1 aromatic carbocycles. The third-order valence-electron chi connectivity index (χ3n) is 3.45. The Morgan fingerprint density at radius 2 is 1.96 bits per heavy atom. The van der Waals surface area contributed by atoms with Crippen molar-refractivity contribution in [1.82, 2.24) is 14.9 Å². The van der Waals surface area contributed by atoms with Gasteiger partial charge in [-0.3, -0.25) is 9.59 Å². The van der Waals surface area contributed by atoms with E-state index < -0.39 is 0 Å². The number of thiazole rings is 1. The summed E-state index contributed by atoms with van der Waals surface area (Å²) in [4.78, 5) is 28.3. The van der Waals surface area contributed by atoms with Gasteiger partial charge in [-0.05, 0) is 11.6 Å². The minimum absolute atomic E-state index is 0.101. The summed E-state index contributed by atoms with van der Waals surface area (Å²) in [6.45, 7) is 0.361. The van der Waals surface area contributed by atoms with Gasteiger partial charge in [-0.1, -0.05) is 36.4 Å². The van der Waals surface area contributed by atoms with E-state index in [4.69, 9.17) is 0 Å². The monoisotopic (exact) mass is 325 g/mol. The van der Waals surface area contributed by atoms with Crippen molar-refractivity contribution in [2.45, 2.75) is 12.6 Å². The fourth-order valence-corrected chi connectivity index (χ4v) is 2.82. The van der Waals surface area contributed by atoms with E-state index >= 15 is 0 Å². The molecule has 0 aliphatic rings. The number of nitrogens with zero attached hydrogens (tertiary/aromatic N) is 2. The van der Waals surface area contributed by atoms with Crippen LogP contribution in [0.5, 0.6) is 0 Å². The largest absolute Gasteiger partial charge is 0.342 e. The number of hydrogen-bond donors (Lipinski definition) is 1. The first-order valence-corrected chi connectivity index (χ1v) is 8.08. The van der Waals surface area contributed by atoms with Crippen LogP contribution in [0.1, 0.15) is 22.1 Å². The number of amides is 1. The zero-order valence-electron chi connectivity index (χ0n) is 12.3. The Kier molecular flexibility index (Phi) is 4.63. The Morgan fingerprint density at radius 1 is 1.17 bits per heavy atom. The van der Waals surface area contributed by atoms with Crippen LogP contribution in [0.25, 0.3) is 0 Å². The number of benzene rings is 1. The van der Waals surface area contributed by atoms with Crippen LogP contribution in [0.2, 0.25) is 0 Å². The average Bonchev–Trinajstić information content (AvgIpc) is 3.11. The van der Waals surface area contributed by atoms with Gasteiger partial charge in [0.15, 0.2) is 0 Å². The molecule has 0 aliphatic carbocycles. The molecule has 0 fully saturated rings. The van der Waals surface area contributed by atoms with Gasteiger partial charge in [0.2, 0.25) is 0 Å². The number of aromatic nitrogens is 2. The van der Waals surface area contributed by atoms with E-state index in [9.17, 15) is 9.59 Å². The van der Waals surface area contributed by atoms with Crippen LogP contribution in [0.15, 0.2) is 70.4 Å². The van der Waals surface area contributed by atoms with Crippen molar-refractivity contribution in [3.63, 3.8) is 0 Å². The fraction of sp³-hybridized carbons (Fsp3) is 0.118. The van der Waals surface area contributed by atoms with Gasteiger partial charge in [0.25, 0.3) is 11.5 Å². The molecule has 1 atom stereocenters. The molecule has 3 rings (SSSR count). The Bertz CT molecular complexity index is 828. The molecule has 1 N–H and O–H groups in total. The van der Waals surface area contributed by atoms with Crippen LogP contribution in [-0.4, -0.2) is 15.5 Å². The third kappa shape index (κ3) is 3.73. The summed E-state index contributed by atoms with van der Waals surface area (Å²) >= 11 is 1.37. The maximum absolute atomic E-state index is 12.3. The third-order valence-corrected chi connectivity index (χ3v) is 4.04. The van der Waals surface area contributed by atoms with Gasteiger partial charge >= 0.3 is 0 Å². The first-order valence-electron chi connectivity index (χ1n) is 7.13. The molecule has 2 aromatic heterocycles. The second kappa shape index (κ2) is 7.02. The van der Waals surface area contributed by atoms with Crippen molar-refractivity contribution in [1.29, 1.82) is 0 Å². The first kappa shape index (κ1) is 15.2. The molecule has 2 heterocycles. The summed E-state index contributed by atoms with van der Waals surface area (Å²) in [6, 6.07) is 14.3. The van der Waals surface area contributed by atoms with Crippen molar-refractivity contribution >= 4 is 17.2 Å². The quantitative estimate of drug-likeness (QED) is 0.784. The van der Waals surface area contributed by atoms with Gasteiger partial charge in [0.1, 0.15) is 5.69 Å². The van der Waals surface area contributed by atoms with E-state index in [0.29, 0.717) is 12.2 Å². The van der Waals surface area contributed by atoms with Gasteiger partial charge in [-0.2, -0.15) is 0 Å². The van der Waals surface area contributed by atoms with Crippen molar-refractivity contribution in [2.24, 2.45) is 0 Å². The lowest BCUT2D eigenvalue weighted by atomic mass is 10.1. The minimum Gasteiger partial charge on any atom is -0.342 e. The minimum atomic E-state index is -0.314. The fourth-order valence-electron chi connectivity index (χ4n) is 2.28. The summed E-state index contributed by atoms with van der Waals surface area (Å²) in [7, 11) is 0. The molecule has 0 spiro atoms. The van der Waals surface area contributed by atoms with Gasteiger partial charge in [-0.15, -0.1) is 11.3 Å². The summed E-state index contributed by atoms with van der Waals surface area (Å²) < 4.78 is 1.58. The van der Waals surface area contributed by atoms with E-state index in [1.165, 1.54) is 17.4 Å². The van der Waals surface area contributed by atoms with Crippen LogP contribution in [0.3, 0.4) is 0 Å². The smallest absolute Gasteiger partial charge is 0.271 e. The number of pyridine rings is 1. The van der Waals surface area contributed by atoms with E-state index in [0.717, 1.165) is 5.56 Å². The van der Waals surface area contributed by atoms with Crippen molar-refractivity contribution < 1.29 is 4.79 Å². The van der Waals surface area contributed by atoms with E-state index in [1.807, 2.05) is 30.3 Å². The van der Waals surface area contributed by atoms with Crippen molar-refractivity contribution in [3.05, 3.63) is 87.2 Å². The predicted molar refractivity (Wildman–Crippen MR) is 89.5 cm³/mol. The standard InChI is InChI=1S/C17H15N3O2S/c21-16-8-4-5-9-20(16)10-14(13-6-2-1-3-7-13)19-17(22)15-11-23-12-18-15/h1-9,11-12,14H,10H2,(H,19,22)/t14-/m0/s1. The highest BCUT2D eigenvalue weighted by Crippen LogP contribution is 2.15. The predicted octanol–water partition coefficient (Wildman–Crippen LogP) is 2.48. The van der Waals surface area contributed by atoms with E-state index in [2.05, 4.69) is 10.3 Å². The van der Waals surface area contributed by atoms with Crippen LogP contribution in [-0.2, 0) is 6.54 Å². The molecule has 0 saturated carbocycles. The Labute approximate surface area is 137 Å². The molecule has 0 radical (unpaired) electrons. The lowest BCUT2D eigenvalue weighted by Crippen LogP contribution is -2.34. The SMILES string of the molecule is O=C(N[C@@H](Cn1ccccc1=O)c1ccccc1)c1cscn1. The highest BCUT2D eigenvalue weighted by molar-refractivity contribution is 7.07. The summed E-state index contributed by atoms with van der Waals surface area (Å²) in [5, 5.41) is 4.66. The second-order valence-corrected chi connectivity index (χ2v) is 5.72. The van der Waals surface area contributed by atoms with Crippen molar-refractivity contribution in [2.75, 3.05) is 0 Å². The Morgan fingerprint density at radius 3 is 2.65 bits per heavy atom. The second-order valence-electron chi connectivity index (χ2n) is 5.00. The zero-order valence-corrected chi connectivity index (χ0v) is 13.1. The molecule has 6 heteroatoms. The van der Waals surface area contributed by atoms with Gasteiger partial charge in [0.05, 0.1) is 18.1 Å². The van der Waals surface area contributed by atoms with Crippen LogP contribution in [0, 0.1) is 0 Å². The van der Waals surface area contributed by atoms with Gasteiger partial charge in [0, 0.05) is 17.6 Å². The highest BCUT2D eigenvalue weighted by Gasteiger charge is 2.17. The zero-order chi connectivity index (χ0) is 16.1. The van der Waals surface area contributed by atoms with Crippen LogP contribution >= 0.6 is 11.3 Å². The highest BCUT2D eigenvalue weighted by atomic mass is 32.1. The number of nitrogens with one attached hydrogen (secondary N) is 1. The normalized spacial score (nSPS) is 11.8. The molecule has 0 bridgehead atoms. The molecule has 116 valence electrons. The van der Waals surface area contributed by atoms with E-state index in [1.54, 1.807) is 33.8 Å². The lowest BCUT2D eigenvalue weighted by molar-refractivity contribution is 0.0928. The summed E-state index contributed by atoms with van der Waals surface area (Å²) in [6.07, 6.45) is 1.72. The molecule has 5 nitrogen and oxygen atoms in total. The van der Waals surface area contributed by atoms with Crippen LogP contribution in [0.4, 0.5) is 0 Å². The number of hydrogen-bond acceptors (Lipinski definition) is 4. The molecular formula is C17H15N3O2S. The first-order chi connectivity index (χ1) is 11.2. The molecule has 0 unspecified atom stereocenters. The average molecular weight is 325 g/mol. The number of carbonyl (C=O) groups is 1. The van der Waals surface area contributed by atoms with Crippen molar-refractivity contribution in [3.8, 4) is 0 Å². The summed E-state index contributed by atoms with van der Waals surface area (Å²) in [5.74, 6) is -0.246. The summed E-state index contributed by atoms with van der Waals surface area (Å²) in [5.41, 5.74) is 2.84. The Balaban J connectivity index is 1.87. The lowest BCUT2D eigenvalue weighted by Gasteiger charge is -2.20. The van der Waals surface area contributed by atoms with Crippen LogP contribution < -0.4 is 10.9 Å². The molecule has 1 amide bonds. The van der Waals surface area contributed by atoms with Gasteiger partial charge in [-0.25, -0.2) is 4.98 Å². The molecule has 23 heavy (non-hydrogen) atoms. The van der Waals surface area contributed by atoms with E-state index in [-0.39, 0.29) is 17.5 Å². The maximum Gasteiger partial charge on any atom is 0.271 e. The topological polar surface area (TPSA) is 64.0 Å². The number of rotatable bonds is 5. The molecule has 0 aliphatic heterocycles. The van der Waals surface area contributed by atoms with Gasteiger partial charge < -0.3 is 9.88 Å². The molecule has 3 aromatic rings. The molecular weight excluding hydrogens is 310 g/mol. The number of carbonyl (C=O) groups excluding carboxylic acids is 1. The Hall–Kier alpha value is -2.73.